The first-order chi connectivity index (χ1) is 8.24. The summed E-state index contributed by atoms with van der Waals surface area (Å²) in [5.74, 6) is 0.0573. The molecule has 4 heteroatoms. The van der Waals surface area contributed by atoms with Crippen LogP contribution in [-0.2, 0) is 11.2 Å². The van der Waals surface area contributed by atoms with E-state index in [1.54, 1.807) is 11.3 Å². The highest BCUT2D eigenvalue weighted by Gasteiger charge is 2.19. The lowest BCUT2D eigenvalue weighted by Crippen LogP contribution is -2.10. The molecule has 0 radical (unpaired) electrons. The Bertz CT molecular complexity index is 563. The Labute approximate surface area is 103 Å². The third kappa shape index (κ3) is 1.85. The fourth-order valence-electron chi connectivity index (χ4n) is 2.08. The normalized spacial score (nSPS) is 15.5. The van der Waals surface area contributed by atoms with Crippen LogP contribution in [0.4, 0.5) is 5.69 Å². The average molecular weight is 244 g/mol. The third-order valence-electron chi connectivity index (χ3n) is 2.96. The lowest BCUT2D eigenvalue weighted by atomic mass is 10.0. The summed E-state index contributed by atoms with van der Waals surface area (Å²) in [6, 6.07) is 9.87. The first-order valence-electron chi connectivity index (χ1n) is 5.46. The van der Waals surface area contributed by atoms with Gasteiger partial charge in [-0.25, -0.2) is 0 Å². The van der Waals surface area contributed by atoms with Crippen LogP contribution in [0.15, 0.2) is 35.7 Å². The van der Waals surface area contributed by atoms with Gasteiger partial charge in [-0.3, -0.25) is 4.79 Å². The molecule has 1 amide bonds. The molecule has 0 fully saturated rings. The molecule has 3 rings (SSSR count). The Morgan fingerprint density at radius 2 is 2.24 bits per heavy atom. The maximum absolute atomic E-state index is 11.3. The summed E-state index contributed by atoms with van der Waals surface area (Å²) in [7, 11) is 0. The summed E-state index contributed by atoms with van der Waals surface area (Å²) in [5.41, 5.74) is 9.21. The average Bonchev–Trinajstić information content (AvgIpc) is 2.94. The van der Waals surface area contributed by atoms with Gasteiger partial charge in [0.25, 0.3) is 0 Å². The van der Waals surface area contributed by atoms with Crippen molar-refractivity contribution < 1.29 is 4.79 Å². The van der Waals surface area contributed by atoms with E-state index in [-0.39, 0.29) is 11.9 Å². The maximum Gasteiger partial charge on any atom is 0.228 e. The van der Waals surface area contributed by atoms with Crippen LogP contribution in [0.5, 0.6) is 0 Å². The van der Waals surface area contributed by atoms with E-state index in [2.05, 4.69) is 5.32 Å². The van der Waals surface area contributed by atoms with Crippen molar-refractivity contribution in [2.45, 2.75) is 12.5 Å². The van der Waals surface area contributed by atoms with Gasteiger partial charge in [-0.1, -0.05) is 18.2 Å². The summed E-state index contributed by atoms with van der Waals surface area (Å²) < 4.78 is 0. The molecule has 0 bridgehead atoms. The zero-order valence-electron chi connectivity index (χ0n) is 9.14. The largest absolute Gasteiger partial charge is 0.326 e. The molecule has 86 valence electrons. The molecule has 17 heavy (non-hydrogen) atoms. The first kappa shape index (κ1) is 10.5. The molecule has 1 aliphatic rings. The number of fused-ring (bicyclic) bond motifs is 1. The zero-order valence-corrected chi connectivity index (χ0v) is 9.96. The van der Waals surface area contributed by atoms with Crippen molar-refractivity contribution in [1.29, 1.82) is 0 Å². The molecule has 0 saturated carbocycles. The highest BCUT2D eigenvalue weighted by Crippen LogP contribution is 2.29. The van der Waals surface area contributed by atoms with Gasteiger partial charge in [0.1, 0.15) is 0 Å². The highest BCUT2D eigenvalue weighted by molar-refractivity contribution is 7.10. The fourth-order valence-corrected chi connectivity index (χ4v) is 2.83. The molecule has 3 N–H and O–H groups in total. The summed E-state index contributed by atoms with van der Waals surface area (Å²) in [6.07, 6.45) is 0.459. The molecule has 3 nitrogen and oxygen atoms in total. The Balaban J connectivity index is 1.95. The number of hydrogen-bond acceptors (Lipinski definition) is 3. The van der Waals surface area contributed by atoms with Crippen LogP contribution in [0.1, 0.15) is 22.0 Å². The van der Waals surface area contributed by atoms with Crippen molar-refractivity contribution in [3.05, 3.63) is 51.7 Å². The molecule has 0 aliphatic carbocycles. The second-order valence-electron chi connectivity index (χ2n) is 4.13. The van der Waals surface area contributed by atoms with Crippen LogP contribution in [0.25, 0.3) is 0 Å². The predicted molar refractivity (Wildman–Crippen MR) is 69.1 cm³/mol. The number of carbonyl (C=O) groups excluding carboxylic acids is 1. The smallest absolute Gasteiger partial charge is 0.228 e. The van der Waals surface area contributed by atoms with Crippen LogP contribution in [-0.4, -0.2) is 5.91 Å². The second kappa shape index (κ2) is 3.98. The number of nitrogens with one attached hydrogen (secondary N) is 1. The quantitative estimate of drug-likeness (QED) is 0.851. The molecule has 1 unspecified atom stereocenters. The van der Waals surface area contributed by atoms with Crippen LogP contribution >= 0.6 is 11.3 Å². The van der Waals surface area contributed by atoms with Gasteiger partial charge in [-0.15, -0.1) is 11.3 Å². The second-order valence-corrected chi connectivity index (χ2v) is 5.11. The minimum atomic E-state index is -0.101. The van der Waals surface area contributed by atoms with Crippen LogP contribution < -0.4 is 11.1 Å². The van der Waals surface area contributed by atoms with Crippen molar-refractivity contribution in [2.24, 2.45) is 5.73 Å². The molecule has 2 heterocycles. The lowest BCUT2D eigenvalue weighted by Gasteiger charge is -2.11. The van der Waals surface area contributed by atoms with Crippen molar-refractivity contribution in [3.8, 4) is 0 Å². The van der Waals surface area contributed by atoms with Crippen molar-refractivity contribution in [1.82, 2.24) is 0 Å². The predicted octanol–water partition coefficient (Wildman–Crippen LogP) is 2.29. The molecule has 0 spiro atoms. The van der Waals surface area contributed by atoms with Gasteiger partial charge in [0.15, 0.2) is 0 Å². The van der Waals surface area contributed by atoms with Crippen molar-refractivity contribution in [3.63, 3.8) is 0 Å². The standard InChI is InChI=1S/C13H12N2OS/c14-13(11-2-1-5-17-11)8-3-4-10-9(6-8)7-12(16)15-10/h1-6,13H,7,14H2,(H,15,16). The van der Waals surface area contributed by atoms with Gasteiger partial charge in [0.05, 0.1) is 12.5 Å². The van der Waals surface area contributed by atoms with E-state index >= 15 is 0 Å². The molecule has 1 aromatic carbocycles. The maximum atomic E-state index is 11.3. The number of benzene rings is 1. The Morgan fingerprint density at radius 3 is 3.00 bits per heavy atom. The number of thiophene rings is 1. The summed E-state index contributed by atoms with van der Waals surface area (Å²) in [6.45, 7) is 0. The number of carbonyl (C=O) groups is 1. The van der Waals surface area contributed by atoms with Crippen molar-refractivity contribution in [2.75, 3.05) is 5.32 Å². The van der Waals surface area contributed by atoms with Crippen LogP contribution in [0.3, 0.4) is 0 Å². The van der Waals surface area contributed by atoms with Gasteiger partial charge in [0.2, 0.25) is 5.91 Å². The molecule has 1 aromatic heterocycles. The number of rotatable bonds is 2. The van der Waals surface area contributed by atoms with E-state index < -0.39 is 0 Å². The third-order valence-corrected chi connectivity index (χ3v) is 3.92. The van der Waals surface area contributed by atoms with Gasteiger partial charge in [0, 0.05) is 10.6 Å². The van der Waals surface area contributed by atoms with E-state index in [1.165, 1.54) is 0 Å². The van der Waals surface area contributed by atoms with Crippen LogP contribution in [0.2, 0.25) is 0 Å². The van der Waals surface area contributed by atoms with Gasteiger partial charge in [-0.2, -0.15) is 0 Å². The van der Waals surface area contributed by atoms with Gasteiger partial charge < -0.3 is 11.1 Å². The minimum absolute atomic E-state index is 0.0573. The Kier molecular flexibility index (Phi) is 2.46. The highest BCUT2D eigenvalue weighted by atomic mass is 32.1. The minimum Gasteiger partial charge on any atom is -0.326 e. The monoisotopic (exact) mass is 244 g/mol. The summed E-state index contributed by atoms with van der Waals surface area (Å²) in [5, 5.41) is 4.84. The number of hydrogen-bond donors (Lipinski definition) is 2. The molecule has 1 aliphatic heterocycles. The summed E-state index contributed by atoms with van der Waals surface area (Å²) in [4.78, 5) is 12.4. The van der Waals surface area contributed by atoms with E-state index in [0.29, 0.717) is 6.42 Å². The Morgan fingerprint density at radius 1 is 1.35 bits per heavy atom. The molecule has 0 saturated heterocycles. The molecular weight excluding hydrogens is 232 g/mol. The van der Waals surface area contributed by atoms with E-state index in [0.717, 1.165) is 21.7 Å². The number of nitrogens with two attached hydrogens (primary N) is 1. The van der Waals surface area contributed by atoms with Gasteiger partial charge >= 0.3 is 0 Å². The lowest BCUT2D eigenvalue weighted by molar-refractivity contribution is -0.115. The molecular formula is C13H12N2OS. The Hall–Kier alpha value is -1.65. The van der Waals surface area contributed by atoms with Gasteiger partial charge in [-0.05, 0) is 28.6 Å². The van der Waals surface area contributed by atoms with E-state index in [4.69, 9.17) is 5.73 Å². The number of anilines is 1. The zero-order chi connectivity index (χ0) is 11.8. The van der Waals surface area contributed by atoms with E-state index in [9.17, 15) is 4.79 Å². The molecule has 1 atom stereocenters. The van der Waals surface area contributed by atoms with Crippen molar-refractivity contribution >= 4 is 22.9 Å². The SMILES string of the molecule is NC(c1ccc2c(c1)CC(=O)N2)c1cccs1. The van der Waals surface area contributed by atoms with Crippen LogP contribution in [0, 0.1) is 0 Å². The molecule has 2 aromatic rings. The topological polar surface area (TPSA) is 55.1 Å². The fraction of sp³-hybridized carbons (Fsp3) is 0.154. The number of amides is 1. The summed E-state index contributed by atoms with van der Waals surface area (Å²) >= 11 is 1.65. The first-order valence-corrected chi connectivity index (χ1v) is 6.33. The van der Waals surface area contributed by atoms with E-state index in [1.807, 2.05) is 35.7 Å².